The van der Waals surface area contributed by atoms with Crippen LogP contribution in [0.3, 0.4) is 0 Å². The van der Waals surface area contributed by atoms with Crippen LogP contribution in [0.25, 0.3) is 0 Å². The zero-order valence-corrected chi connectivity index (χ0v) is 27.2. The molecule has 2 aromatic rings. The van der Waals surface area contributed by atoms with Crippen molar-refractivity contribution < 1.29 is 23.8 Å². The number of amides is 2. The molecule has 48 heavy (non-hydrogen) atoms. The summed E-state index contributed by atoms with van der Waals surface area (Å²) in [6, 6.07) is 15.4. The SMILES string of the molecule is C=N/C(=N\C(=N/C)Nc1ccc(N2CCN(C3COC3)CC2)cc1)c1ccc(O[C@H]2CCN(C(=O)N3CC[C@@H](O)C3)C[C@H]2F)c(C#N)c1. The van der Waals surface area contributed by atoms with Gasteiger partial charge in [-0.2, -0.15) is 10.3 Å². The largest absolute Gasteiger partial charge is 0.486 e. The van der Waals surface area contributed by atoms with Gasteiger partial charge in [0.25, 0.3) is 0 Å². The molecule has 0 saturated carbocycles. The van der Waals surface area contributed by atoms with E-state index in [0.29, 0.717) is 37.1 Å². The number of guanidine groups is 1. The summed E-state index contributed by atoms with van der Waals surface area (Å²) >= 11 is 0. The van der Waals surface area contributed by atoms with E-state index in [1.54, 1.807) is 30.1 Å². The lowest BCUT2D eigenvalue weighted by Gasteiger charge is -2.43. The molecule has 4 saturated heterocycles. The summed E-state index contributed by atoms with van der Waals surface area (Å²) < 4.78 is 26.5. The molecule has 2 aromatic carbocycles. The van der Waals surface area contributed by atoms with E-state index in [-0.39, 0.29) is 42.7 Å². The number of urea groups is 1. The molecule has 2 N–H and O–H groups in total. The van der Waals surface area contributed by atoms with Crippen molar-refractivity contribution in [3.63, 3.8) is 0 Å². The lowest BCUT2D eigenvalue weighted by molar-refractivity contribution is -0.0660. The highest BCUT2D eigenvalue weighted by Crippen LogP contribution is 2.27. The van der Waals surface area contributed by atoms with Crippen LogP contribution in [0.2, 0.25) is 0 Å². The molecule has 2 amide bonds. The zero-order chi connectivity index (χ0) is 33.6. The number of alkyl halides is 1. The number of hydrogen-bond acceptors (Lipinski definition) is 8. The number of carbonyl (C=O) groups is 1. The minimum absolute atomic E-state index is 0.115. The second-order valence-corrected chi connectivity index (χ2v) is 12.4. The molecule has 0 bridgehead atoms. The summed E-state index contributed by atoms with van der Waals surface area (Å²) in [7, 11) is 1.62. The van der Waals surface area contributed by atoms with Gasteiger partial charge in [0.1, 0.15) is 17.9 Å². The van der Waals surface area contributed by atoms with Crippen molar-refractivity contribution in [3.8, 4) is 11.8 Å². The molecule has 0 aliphatic carbocycles. The summed E-state index contributed by atoms with van der Waals surface area (Å²) in [6.45, 7) is 10.3. The van der Waals surface area contributed by atoms with Crippen molar-refractivity contribution >= 4 is 35.9 Å². The second-order valence-electron chi connectivity index (χ2n) is 12.4. The van der Waals surface area contributed by atoms with Crippen LogP contribution in [-0.4, -0.2) is 141 Å². The Morgan fingerprint density at radius 2 is 1.79 bits per heavy atom. The summed E-state index contributed by atoms with van der Waals surface area (Å²) in [5, 5.41) is 22.9. The number of amidine groups is 1. The number of anilines is 2. The first kappa shape index (κ1) is 33.3. The van der Waals surface area contributed by atoms with Gasteiger partial charge in [-0.25, -0.2) is 14.2 Å². The standard InChI is InChI=1S/C34H42FN9O4/c1-37-32(40-33(38-2)39-25-4-6-26(7-5-25)41-13-15-42(16-14-41)27-21-47-22-27)23-3-8-30(24(17-23)18-36)48-31-10-12-44(20-29(31)35)34(46)43-11-9-28(45)19-43/h3-8,17,27-29,31,45H,1,9-16,19-22H2,2H3,(H,38,39)/b40-32-/t28-,29-,31+/m1/s1. The number of benzene rings is 2. The number of nitriles is 1. The summed E-state index contributed by atoms with van der Waals surface area (Å²) in [5.41, 5.74) is 2.68. The fourth-order valence-corrected chi connectivity index (χ4v) is 6.42. The number of nitrogens with one attached hydrogen (secondary N) is 1. The first-order valence-electron chi connectivity index (χ1n) is 16.4. The molecule has 13 nitrogen and oxygen atoms in total. The first-order chi connectivity index (χ1) is 23.3. The van der Waals surface area contributed by atoms with Crippen LogP contribution in [0.1, 0.15) is 24.0 Å². The van der Waals surface area contributed by atoms with Crippen LogP contribution >= 0.6 is 0 Å². The molecule has 4 heterocycles. The molecule has 0 aromatic heterocycles. The normalized spacial score (nSPS) is 24.2. The minimum Gasteiger partial charge on any atom is -0.486 e. The predicted octanol–water partition coefficient (Wildman–Crippen LogP) is 2.60. The topological polar surface area (TPSA) is 142 Å². The lowest BCUT2D eigenvalue weighted by Crippen LogP contribution is -2.56. The Balaban J connectivity index is 1.06. The van der Waals surface area contributed by atoms with Gasteiger partial charge in [-0.05, 0) is 55.6 Å². The third-order valence-electron chi connectivity index (χ3n) is 9.34. The van der Waals surface area contributed by atoms with E-state index in [0.717, 1.165) is 50.8 Å². The molecular formula is C34H42FN9O4. The number of ether oxygens (including phenoxy) is 2. The molecule has 3 atom stereocenters. The molecule has 6 rings (SSSR count). The van der Waals surface area contributed by atoms with Gasteiger partial charge in [-0.15, -0.1) is 0 Å². The number of aliphatic hydroxyl groups is 1. The molecule has 0 spiro atoms. The maximum absolute atomic E-state index is 15.2. The average molecular weight is 660 g/mol. The van der Waals surface area contributed by atoms with Crippen LogP contribution in [0, 0.1) is 11.3 Å². The highest BCUT2D eigenvalue weighted by molar-refractivity contribution is 6.10. The fraction of sp³-hybridized carbons (Fsp3) is 0.500. The smallest absolute Gasteiger partial charge is 0.320 e. The number of piperidine rings is 1. The van der Waals surface area contributed by atoms with E-state index in [9.17, 15) is 15.2 Å². The Kier molecular flexibility index (Phi) is 10.5. The summed E-state index contributed by atoms with van der Waals surface area (Å²) in [5.74, 6) is 0.797. The van der Waals surface area contributed by atoms with Crippen LogP contribution < -0.4 is 15.0 Å². The van der Waals surface area contributed by atoms with E-state index in [1.807, 2.05) is 12.1 Å². The molecule has 254 valence electrons. The third kappa shape index (κ3) is 7.59. The molecule has 14 heteroatoms. The summed E-state index contributed by atoms with van der Waals surface area (Å²) in [6.07, 6.45) is -1.99. The van der Waals surface area contributed by atoms with E-state index >= 15 is 4.39 Å². The van der Waals surface area contributed by atoms with Crippen molar-refractivity contribution in [2.45, 2.75) is 37.3 Å². The third-order valence-corrected chi connectivity index (χ3v) is 9.34. The Hall–Kier alpha value is -4.58. The number of piperazine rings is 1. The highest BCUT2D eigenvalue weighted by Gasteiger charge is 2.37. The van der Waals surface area contributed by atoms with Crippen LogP contribution in [0.5, 0.6) is 5.75 Å². The maximum atomic E-state index is 15.2. The monoisotopic (exact) mass is 659 g/mol. The quantitative estimate of drug-likeness (QED) is 0.356. The lowest BCUT2D eigenvalue weighted by atomic mass is 10.1. The average Bonchev–Trinajstić information content (AvgIpc) is 3.53. The number of aliphatic hydroxyl groups excluding tert-OH is 1. The Morgan fingerprint density at radius 1 is 1.06 bits per heavy atom. The molecular weight excluding hydrogens is 617 g/mol. The summed E-state index contributed by atoms with van der Waals surface area (Å²) in [4.78, 5) is 33.5. The van der Waals surface area contributed by atoms with Gasteiger partial charge in [-0.1, -0.05) is 0 Å². The van der Waals surface area contributed by atoms with Gasteiger partial charge >= 0.3 is 6.03 Å². The van der Waals surface area contributed by atoms with E-state index in [2.05, 4.69) is 55.0 Å². The van der Waals surface area contributed by atoms with E-state index in [1.165, 1.54) is 4.90 Å². The molecule has 4 fully saturated rings. The van der Waals surface area contributed by atoms with Crippen molar-refractivity contribution in [2.75, 3.05) is 82.8 Å². The van der Waals surface area contributed by atoms with Crippen molar-refractivity contribution in [1.29, 1.82) is 5.26 Å². The maximum Gasteiger partial charge on any atom is 0.320 e. The van der Waals surface area contributed by atoms with Gasteiger partial charge in [0.05, 0.1) is 37.5 Å². The van der Waals surface area contributed by atoms with E-state index in [4.69, 9.17) is 9.47 Å². The van der Waals surface area contributed by atoms with Crippen molar-refractivity contribution in [1.82, 2.24) is 14.7 Å². The van der Waals surface area contributed by atoms with Gasteiger partial charge in [0.15, 0.2) is 12.0 Å². The number of halogens is 1. The predicted molar refractivity (Wildman–Crippen MR) is 182 cm³/mol. The van der Waals surface area contributed by atoms with Gasteiger partial charge < -0.3 is 34.6 Å². The Bertz CT molecular complexity index is 1570. The van der Waals surface area contributed by atoms with Crippen LogP contribution in [0.15, 0.2) is 57.4 Å². The number of hydrogen-bond donors (Lipinski definition) is 2. The van der Waals surface area contributed by atoms with Crippen molar-refractivity contribution in [2.24, 2.45) is 15.0 Å². The number of aliphatic imine (C=N–C) groups is 3. The van der Waals surface area contributed by atoms with Gasteiger partial charge in [-0.3, -0.25) is 9.89 Å². The Morgan fingerprint density at radius 3 is 2.40 bits per heavy atom. The van der Waals surface area contributed by atoms with E-state index < -0.39 is 18.4 Å². The number of β-amino-alcohol motifs (C(OH)–C–C–N with tert-alkyl or cyclic N) is 1. The van der Waals surface area contributed by atoms with Crippen molar-refractivity contribution in [3.05, 3.63) is 53.6 Å². The number of likely N-dealkylation sites (tertiary alicyclic amines) is 2. The van der Waals surface area contributed by atoms with Gasteiger partial charge in [0.2, 0.25) is 5.96 Å². The van der Waals surface area contributed by atoms with Crippen LogP contribution in [0.4, 0.5) is 20.6 Å². The number of nitrogens with zero attached hydrogens (tertiary/aromatic N) is 8. The molecule has 0 unspecified atom stereocenters. The molecule has 4 aliphatic rings. The second kappa shape index (κ2) is 15.1. The first-order valence-corrected chi connectivity index (χ1v) is 16.4. The Labute approximate surface area is 280 Å². The number of rotatable bonds is 6. The zero-order valence-electron chi connectivity index (χ0n) is 27.2. The fourth-order valence-electron chi connectivity index (χ4n) is 6.42. The minimum atomic E-state index is -1.44. The molecule has 4 aliphatic heterocycles. The molecule has 0 radical (unpaired) electrons. The number of carbonyl (C=O) groups excluding carboxylic acids is 1. The highest BCUT2D eigenvalue weighted by atomic mass is 19.1. The van der Waals surface area contributed by atoms with Gasteiger partial charge in [0, 0.05) is 76.2 Å². The van der Waals surface area contributed by atoms with Crippen LogP contribution in [-0.2, 0) is 4.74 Å².